The van der Waals surface area contributed by atoms with Crippen molar-refractivity contribution in [2.75, 3.05) is 32.7 Å². The fraction of sp³-hybridized carbons (Fsp3) is 0.560. The number of rotatable bonds is 5. The number of sulfonamides is 1. The summed E-state index contributed by atoms with van der Waals surface area (Å²) in [6, 6.07) is 2.00. The summed E-state index contributed by atoms with van der Waals surface area (Å²) in [7, 11) is -3.68. The number of hydrogen-bond acceptors (Lipinski definition) is 5. The Bertz CT molecular complexity index is 1110. The lowest BCUT2D eigenvalue weighted by Crippen LogP contribution is -2.51. The van der Waals surface area contributed by atoms with Gasteiger partial charge in [-0.25, -0.2) is 8.42 Å². The Morgan fingerprint density at radius 3 is 1.88 bits per heavy atom. The number of carbonyl (C=O) groups excluding carboxylic acids is 3. The number of benzene rings is 1. The fourth-order valence-electron chi connectivity index (χ4n) is 5.33. The van der Waals surface area contributed by atoms with Gasteiger partial charge in [0.15, 0.2) is 0 Å². The van der Waals surface area contributed by atoms with Gasteiger partial charge in [0.25, 0.3) is 0 Å². The number of hydrogen-bond donors (Lipinski definition) is 0. The average molecular weight is 488 g/mol. The lowest BCUT2D eigenvalue weighted by atomic mass is 9.85. The minimum atomic E-state index is -3.68. The molecule has 1 aromatic rings. The van der Waals surface area contributed by atoms with Crippen LogP contribution in [0.5, 0.6) is 0 Å². The standard InChI is InChI=1S/C25H33N3O5S/c1-16-15-17(2)19(4)23(18(16)3)34(32,33)27-13-11-26(12-14-27)22(29)9-10-28-24(30)20-7-5-6-8-21(20)25(28)31/h5-6,15,20-21H,7-14H2,1-4H3/t20-,21-/m1/s1. The van der Waals surface area contributed by atoms with Crippen molar-refractivity contribution >= 4 is 27.7 Å². The lowest BCUT2D eigenvalue weighted by Gasteiger charge is -2.35. The second-order valence-corrected chi connectivity index (χ2v) is 11.5. The number of allylic oxidation sites excluding steroid dienone is 2. The molecule has 0 radical (unpaired) electrons. The molecule has 3 aliphatic rings. The number of imide groups is 1. The second kappa shape index (κ2) is 9.26. The first-order valence-electron chi connectivity index (χ1n) is 11.9. The highest BCUT2D eigenvalue weighted by atomic mass is 32.2. The van der Waals surface area contributed by atoms with Crippen molar-refractivity contribution in [2.24, 2.45) is 11.8 Å². The summed E-state index contributed by atoms with van der Waals surface area (Å²) in [4.78, 5) is 41.3. The highest BCUT2D eigenvalue weighted by Crippen LogP contribution is 2.35. The first kappa shape index (κ1) is 24.6. The number of likely N-dealkylation sites (tertiary alicyclic amines) is 1. The SMILES string of the molecule is Cc1cc(C)c(C)c(S(=O)(=O)N2CCN(C(=O)CCN3C(=O)[C@@H]4CC=CC[C@H]4C3=O)CC2)c1C. The van der Waals surface area contributed by atoms with Gasteiger partial charge < -0.3 is 4.90 Å². The van der Waals surface area contributed by atoms with E-state index in [4.69, 9.17) is 0 Å². The van der Waals surface area contributed by atoms with Crippen LogP contribution in [0.3, 0.4) is 0 Å². The predicted molar refractivity (Wildman–Crippen MR) is 127 cm³/mol. The highest BCUT2D eigenvalue weighted by Gasteiger charge is 2.47. The van der Waals surface area contributed by atoms with E-state index in [9.17, 15) is 22.8 Å². The molecule has 0 saturated carbocycles. The maximum absolute atomic E-state index is 13.4. The molecule has 0 aromatic heterocycles. The molecule has 2 atom stereocenters. The molecule has 0 unspecified atom stereocenters. The zero-order valence-corrected chi connectivity index (χ0v) is 21.2. The van der Waals surface area contributed by atoms with Crippen molar-refractivity contribution in [1.29, 1.82) is 0 Å². The Balaban J connectivity index is 1.37. The quantitative estimate of drug-likeness (QED) is 0.468. The van der Waals surface area contributed by atoms with E-state index in [1.165, 1.54) is 9.21 Å². The van der Waals surface area contributed by atoms with E-state index in [-0.39, 0.29) is 68.7 Å². The van der Waals surface area contributed by atoms with Crippen LogP contribution in [0.1, 0.15) is 41.5 Å². The summed E-state index contributed by atoms with van der Waals surface area (Å²) in [6.07, 6.45) is 5.10. The van der Waals surface area contributed by atoms with Gasteiger partial charge in [0.05, 0.1) is 16.7 Å². The summed E-state index contributed by atoms with van der Waals surface area (Å²) in [5, 5.41) is 0. The third kappa shape index (κ3) is 4.20. The Hall–Kier alpha value is -2.52. The monoisotopic (exact) mass is 487 g/mol. The largest absolute Gasteiger partial charge is 0.340 e. The van der Waals surface area contributed by atoms with Crippen LogP contribution >= 0.6 is 0 Å². The molecule has 4 rings (SSSR count). The molecule has 2 heterocycles. The van der Waals surface area contributed by atoms with Gasteiger partial charge in [-0.05, 0) is 62.8 Å². The maximum Gasteiger partial charge on any atom is 0.243 e. The third-order valence-corrected chi connectivity index (χ3v) is 9.81. The molecule has 3 amide bonds. The molecule has 0 bridgehead atoms. The molecule has 184 valence electrons. The molecule has 2 aliphatic heterocycles. The molecule has 0 N–H and O–H groups in total. The number of piperazine rings is 1. The zero-order valence-electron chi connectivity index (χ0n) is 20.3. The Morgan fingerprint density at radius 1 is 0.882 bits per heavy atom. The van der Waals surface area contributed by atoms with Crippen LogP contribution < -0.4 is 0 Å². The van der Waals surface area contributed by atoms with E-state index in [1.807, 2.05) is 45.9 Å². The number of amides is 3. The highest BCUT2D eigenvalue weighted by molar-refractivity contribution is 7.89. The normalized spacial score (nSPS) is 23.5. The maximum atomic E-state index is 13.4. The predicted octanol–water partition coefficient (Wildman–Crippen LogP) is 2.09. The first-order valence-corrected chi connectivity index (χ1v) is 13.3. The fourth-order valence-corrected chi connectivity index (χ4v) is 7.33. The van der Waals surface area contributed by atoms with E-state index in [0.717, 1.165) is 22.3 Å². The summed E-state index contributed by atoms with van der Waals surface area (Å²) in [6.45, 7) is 8.61. The summed E-state index contributed by atoms with van der Waals surface area (Å²) in [5.41, 5.74) is 3.41. The number of nitrogens with zero attached hydrogens (tertiary/aromatic N) is 3. The third-order valence-electron chi connectivity index (χ3n) is 7.63. The minimum absolute atomic E-state index is 0.0619. The zero-order chi connectivity index (χ0) is 24.8. The van der Waals surface area contributed by atoms with Crippen LogP contribution in [-0.4, -0.2) is 73.0 Å². The Labute approximate surface area is 201 Å². The number of fused-ring (bicyclic) bond motifs is 1. The van der Waals surface area contributed by atoms with E-state index < -0.39 is 10.0 Å². The Kier molecular flexibility index (Phi) is 6.70. The van der Waals surface area contributed by atoms with E-state index in [1.54, 1.807) is 4.90 Å². The smallest absolute Gasteiger partial charge is 0.243 e. The molecule has 1 aliphatic carbocycles. The van der Waals surface area contributed by atoms with E-state index >= 15 is 0 Å². The number of carbonyl (C=O) groups is 3. The van der Waals surface area contributed by atoms with Gasteiger partial charge in [-0.1, -0.05) is 18.2 Å². The van der Waals surface area contributed by atoms with Crippen molar-refractivity contribution in [1.82, 2.24) is 14.1 Å². The molecular formula is C25H33N3O5S. The van der Waals surface area contributed by atoms with Crippen LogP contribution in [0, 0.1) is 39.5 Å². The van der Waals surface area contributed by atoms with Gasteiger partial charge in [0, 0.05) is 39.1 Å². The molecule has 0 spiro atoms. The van der Waals surface area contributed by atoms with Crippen LogP contribution in [0.15, 0.2) is 23.1 Å². The summed E-state index contributed by atoms with van der Waals surface area (Å²) < 4.78 is 28.3. The summed E-state index contributed by atoms with van der Waals surface area (Å²) in [5.74, 6) is -1.11. The second-order valence-electron chi connectivity index (χ2n) is 9.61. The lowest BCUT2D eigenvalue weighted by molar-refractivity contribution is -0.141. The topological polar surface area (TPSA) is 95.1 Å². The molecule has 34 heavy (non-hydrogen) atoms. The van der Waals surface area contributed by atoms with Crippen molar-refractivity contribution in [3.8, 4) is 0 Å². The van der Waals surface area contributed by atoms with Crippen LogP contribution in [-0.2, 0) is 24.4 Å². The molecule has 1 aromatic carbocycles. The Morgan fingerprint density at radius 2 is 1.38 bits per heavy atom. The van der Waals surface area contributed by atoms with Crippen LogP contribution in [0.4, 0.5) is 0 Å². The van der Waals surface area contributed by atoms with Crippen LogP contribution in [0.2, 0.25) is 0 Å². The van der Waals surface area contributed by atoms with E-state index in [2.05, 4.69) is 0 Å². The van der Waals surface area contributed by atoms with Crippen molar-refractivity contribution in [2.45, 2.75) is 51.9 Å². The average Bonchev–Trinajstić information content (AvgIpc) is 3.06. The minimum Gasteiger partial charge on any atom is -0.340 e. The van der Waals surface area contributed by atoms with Crippen LogP contribution in [0.25, 0.3) is 0 Å². The molecular weight excluding hydrogens is 454 g/mol. The van der Waals surface area contributed by atoms with Gasteiger partial charge in [-0.3, -0.25) is 19.3 Å². The number of aryl methyl sites for hydroxylation is 2. The summed E-state index contributed by atoms with van der Waals surface area (Å²) >= 11 is 0. The molecule has 2 saturated heterocycles. The van der Waals surface area contributed by atoms with Gasteiger partial charge in [-0.2, -0.15) is 4.31 Å². The first-order chi connectivity index (χ1) is 16.0. The van der Waals surface area contributed by atoms with Crippen molar-refractivity contribution in [3.05, 3.63) is 40.5 Å². The van der Waals surface area contributed by atoms with Gasteiger partial charge in [0.2, 0.25) is 27.7 Å². The van der Waals surface area contributed by atoms with Crippen molar-refractivity contribution < 1.29 is 22.8 Å². The van der Waals surface area contributed by atoms with Gasteiger partial charge >= 0.3 is 0 Å². The van der Waals surface area contributed by atoms with Gasteiger partial charge in [-0.15, -0.1) is 0 Å². The molecule has 9 heteroatoms. The molecule has 2 fully saturated rings. The van der Waals surface area contributed by atoms with Crippen molar-refractivity contribution in [3.63, 3.8) is 0 Å². The van der Waals surface area contributed by atoms with Gasteiger partial charge in [0.1, 0.15) is 0 Å². The van der Waals surface area contributed by atoms with E-state index in [0.29, 0.717) is 17.7 Å². The molecule has 8 nitrogen and oxygen atoms in total.